The first kappa shape index (κ1) is 40.6. The summed E-state index contributed by atoms with van der Waals surface area (Å²) >= 11 is 0. The van der Waals surface area contributed by atoms with Crippen molar-refractivity contribution < 1.29 is 41.9 Å². The van der Waals surface area contributed by atoms with Crippen LogP contribution in [0.2, 0.25) is 0 Å². The van der Waals surface area contributed by atoms with Crippen molar-refractivity contribution in [1.82, 2.24) is 20.3 Å². The summed E-state index contributed by atoms with van der Waals surface area (Å²) in [4.78, 5) is 69.5. The number of aryl methyl sites for hydroxylation is 1. The van der Waals surface area contributed by atoms with Crippen LogP contribution in [0.4, 0.5) is 15.3 Å². The minimum absolute atomic E-state index is 0.104. The summed E-state index contributed by atoms with van der Waals surface area (Å²) in [7, 11) is -3.92. The Bertz CT molecular complexity index is 1690. The van der Waals surface area contributed by atoms with Crippen molar-refractivity contribution in [2.24, 2.45) is 11.3 Å². The molecule has 52 heavy (non-hydrogen) atoms. The highest BCUT2D eigenvalue weighted by Crippen LogP contribution is 2.45. The number of sulfonamides is 1. The van der Waals surface area contributed by atoms with Gasteiger partial charge in [-0.15, -0.1) is 6.58 Å². The maximum Gasteiger partial charge on any atom is 0.411 e. The number of carbonyl (C=O) groups is 5. The van der Waals surface area contributed by atoms with Gasteiger partial charge in [0, 0.05) is 12.3 Å². The van der Waals surface area contributed by atoms with Gasteiger partial charge in [0.1, 0.15) is 29.3 Å². The summed E-state index contributed by atoms with van der Waals surface area (Å²) in [6, 6.07) is 3.35. The molecule has 4 N–H and O–H groups in total. The van der Waals surface area contributed by atoms with Gasteiger partial charge in [-0.3, -0.25) is 24.4 Å². The summed E-state index contributed by atoms with van der Waals surface area (Å²) in [6.45, 7) is 19.8. The van der Waals surface area contributed by atoms with Gasteiger partial charge in [0.25, 0.3) is 5.91 Å². The number of ether oxygens (including phenoxy) is 2. The van der Waals surface area contributed by atoms with Gasteiger partial charge in [-0.25, -0.2) is 18.0 Å². The highest BCUT2D eigenvalue weighted by atomic mass is 32.2. The van der Waals surface area contributed by atoms with E-state index in [2.05, 4.69) is 27.3 Å². The molecule has 1 heterocycles. The summed E-state index contributed by atoms with van der Waals surface area (Å²) in [5.74, 6) is -2.71. The average Bonchev–Trinajstić information content (AvgIpc) is 3.95. The minimum Gasteiger partial charge on any atom is -0.444 e. The van der Waals surface area contributed by atoms with E-state index in [-0.39, 0.29) is 25.3 Å². The Hall–Kier alpha value is -4.14. The number of hydrogen-bond acceptors (Lipinski definition) is 9. The quantitative estimate of drug-likeness (QED) is 0.223. The van der Waals surface area contributed by atoms with E-state index in [0.29, 0.717) is 24.9 Å². The molecule has 3 fully saturated rings. The number of nitrogens with zero attached hydrogens (tertiary/aromatic N) is 1. The van der Waals surface area contributed by atoms with E-state index < -0.39 is 85.8 Å². The number of amides is 5. The third kappa shape index (κ3) is 9.44. The lowest BCUT2D eigenvalue weighted by Crippen LogP contribution is -2.60. The lowest BCUT2D eigenvalue weighted by Gasteiger charge is -2.36. The summed E-state index contributed by atoms with van der Waals surface area (Å²) in [5.41, 5.74) is -0.827. The summed E-state index contributed by atoms with van der Waals surface area (Å²) in [5, 5.41) is 7.59. The molecule has 1 aromatic rings. The molecule has 1 saturated heterocycles. The lowest BCUT2D eigenvalue weighted by atomic mass is 9.85. The third-order valence-corrected chi connectivity index (χ3v) is 11.4. The molecule has 3 aliphatic rings. The number of nitrogens with one attached hydrogen (secondary N) is 4. The lowest BCUT2D eigenvalue weighted by molar-refractivity contribution is -0.143. The van der Waals surface area contributed by atoms with Crippen LogP contribution in [-0.4, -0.2) is 84.3 Å². The Labute approximate surface area is 307 Å². The van der Waals surface area contributed by atoms with Crippen LogP contribution in [-0.2, 0) is 40.3 Å². The largest absolute Gasteiger partial charge is 0.444 e. The molecule has 0 bridgehead atoms. The monoisotopic (exact) mass is 745 g/mol. The van der Waals surface area contributed by atoms with Crippen molar-refractivity contribution in [1.29, 1.82) is 0 Å². The zero-order chi connectivity index (χ0) is 39.0. The van der Waals surface area contributed by atoms with Crippen LogP contribution in [0.5, 0.6) is 0 Å². The highest BCUT2D eigenvalue weighted by molar-refractivity contribution is 7.91. The van der Waals surface area contributed by atoms with Crippen molar-refractivity contribution in [2.75, 3.05) is 11.9 Å². The zero-order valence-electron chi connectivity index (χ0n) is 31.8. The molecule has 288 valence electrons. The van der Waals surface area contributed by atoms with Gasteiger partial charge in [-0.05, 0) is 68.9 Å². The van der Waals surface area contributed by atoms with Crippen molar-refractivity contribution in [2.45, 2.75) is 135 Å². The second kappa shape index (κ2) is 15.1. The third-order valence-electron chi connectivity index (χ3n) is 9.56. The van der Waals surface area contributed by atoms with Crippen LogP contribution in [0, 0.1) is 11.3 Å². The Balaban J connectivity index is 1.62. The molecule has 2 aliphatic carbocycles. The molecule has 5 amide bonds. The predicted molar refractivity (Wildman–Crippen MR) is 196 cm³/mol. The molecular weight excluding hydrogens is 691 g/mol. The summed E-state index contributed by atoms with van der Waals surface area (Å²) in [6.07, 6.45) is 0.440. The SMILES string of the molecule is C=CC1C[C@]1(NC(=O)[C@@H]1C[C@@H](OC(=O)Nc2c(CC)cccc2C(C)C)CN1C(=O)[C@@H](NC(=O)OC(C)(C)C)C(C)(C)C)C(=O)NS(=O)(=O)C1CC1. The van der Waals surface area contributed by atoms with E-state index in [4.69, 9.17) is 9.47 Å². The van der Waals surface area contributed by atoms with E-state index in [1.807, 2.05) is 39.0 Å². The number of hydrogen-bond donors (Lipinski definition) is 4. The van der Waals surface area contributed by atoms with E-state index in [1.165, 1.54) is 11.0 Å². The fourth-order valence-electron chi connectivity index (χ4n) is 6.47. The molecule has 14 nitrogen and oxygen atoms in total. The van der Waals surface area contributed by atoms with E-state index in [1.54, 1.807) is 41.5 Å². The second-order valence-corrected chi connectivity index (χ2v) is 18.4. The maximum atomic E-state index is 14.4. The van der Waals surface area contributed by atoms with Crippen molar-refractivity contribution in [3.8, 4) is 0 Å². The van der Waals surface area contributed by atoms with Gasteiger partial charge >= 0.3 is 12.2 Å². The zero-order valence-corrected chi connectivity index (χ0v) is 32.6. The van der Waals surface area contributed by atoms with Crippen molar-refractivity contribution >= 4 is 45.6 Å². The average molecular weight is 746 g/mol. The van der Waals surface area contributed by atoms with E-state index >= 15 is 0 Å². The standard InChI is InChI=1S/C37H55N5O9S/c1-11-22-14-13-15-26(21(3)4)28(22)38-33(46)50-24-18-27(42(20-24)31(44)29(35(5,6)7)39-34(47)51-36(8,9)10)30(43)40-37(19-23(37)12-2)32(45)41-52(48,49)25-16-17-25/h12-15,21,23-25,27,29H,2,11,16-20H2,1,3-10H3,(H,38,46)(H,39,47)(H,40,43)(H,41,45)/t23?,24-,27+,29-,37-/m1/s1. The summed E-state index contributed by atoms with van der Waals surface area (Å²) < 4.78 is 38.7. The Morgan fingerprint density at radius 1 is 1.06 bits per heavy atom. The fraction of sp³-hybridized carbons (Fsp3) is 0.649. The molecule has 1 unspecified atom stereocenters. The van der Waals surface area contributed by atoms with Crippen LogP contribution in [0.1, 0.15) is 105 Å². The molecule has 1 aromatic carbocycles. The number of alkyl carbamates (subject to hydrolysis) is 1. The number of likely N-dealkylation sites (tertiary alicyclic amines) is 1. The van der Waals surface area contributed by atoms with Crippen LogP contribution < -0.4 is 20.7 Å². The molecule has 15 heteroatoms. The Morgan fingerprint density at radius 3 is 2.23 bits per heavy atom. The van der Waals surface area contributed by atoms with Crippen LogP contribution in [0.15, 0.2) is 30.9 Å². The van der Waals surface area contributed by atoms with E-state index in [0.717, 1.165) is 11.1 Å². The number of anilines is 1. The number of carbonyl (C=O) groups excluding carboxylic acids is 5. The van der Waals surface area contributed by atoms with Gasteiger partial charge in [0.05, 0.1) is 17.5 Å². The van der Waals surface area contributed by atoms with E-state index in [9.17, 15) is 32.4 Å². The first-order valence-corrected chi connectivity index (χ1v) is 19.5. The van der Waals surface area contributed by atoms with Gasteiger partial charge in [0.15, 0.2) is 0 Å². The van der Waals surface area contributed by atoms with Gasteiger partial charge < -0.3 is 25.0 Å². The number of rotatable bonds is 12. The van der Waals surface area contributed by atoms with Gasteiger partial charge in [0.2, 0.25) is 21.8 Å². The number of para-hydroxylation sites is 1. The minimum atomic E-state index is -3.92. The van der Waals surface area contributed by atoms with Crippen molar-refractivity contribution in [3.63, 3.8) is 0 Å². The smallest absolute Gasteiger partial charge is 0.411 e. The van der Waals surface area contributed by atoms with Gasteiger partial charge in [-0.2, -0.15) is 0 Å². The predicted octanol–water partition coefficient (Wildman–Crippen LogP) is 4.50. The Morgan fingerprint density at radius 2 is 1.71 bits per heavy atom. The molecule has 5 atom stereocenters. The molecule has 0 radical (unpaired) electrons. The van der Waals surface area contributed by atoms with Crippen LogP contribution >= 0.6 is 0 Å². The van der Waals surface area contributed by atoms with Crippen molar-refractivity contribution in [3.05, 3.63) is 42.0 Å². The molecule has 0 spiro atoms. The molecule has 4 rings (SSSR count). The fourth-order valence-corrected chi connectivity index (χ4v) is 7.83. The Kier molecular flexibility index (Phi) is 11.8. The first-order valence-electron chi connectivity index (χ1n) is 17.9. The normalized spacial score (nSPS) is 23.7. The topological polar surface area (TPSA) is 189 Å². The number of benzene rings is 1. The van der Waals surface area contributed by atoms with Crippen LogP contribution in [0.25, 0.3) is 0 Å². The maximum absolute atomic E-state index is 14.4. The molecular formula is C37H55N5O9S. The molecule has 2 saturated carbocycles. The molecule has 0 aromatic heterocycles. The first-order chi connectivity index (χ1) is 24.0. The van der Waals surface area contributed by atoms with Gasteiger partial charge in [-0.1, -0.05) is 65.8 Å². The molecule has 1 aliphatic heterocycles. The highest BCUT2D eigenvalue weighted by Gasteiger charge is 2.62. The van der Waals surface area contributed by atoms with Crippen LogP contribution in [0.3, 0.4) is 0 Å². The second-order valence-electron chi connectivity index (χ2n) is 16.4.